The van der Waals surface area contributed by atoms with E-state index >= 15 is 0 Å². The molecule has 0 saturated heterocycles. The molecule has 13 heteroatoms. The van der Waals surface area contributed by atoms with Gasteiger partial charge in [-0.3, -0.25) is 9.59 Å². The van der Waals surface area contributed by atoms with Crippen LogP contribution in [-0.4, -0.2) is 61.1 Å². The average Bonchev–Trinajstić information content (AvgIpc) is 3.17. The summed E-state index contributed by atoms with van der Waals surface area (Å²) in [4.78, 5) is 34.0. The molecule has 1 aliphatic rings. The summed E-state index contributed by atoms with van der Waals surface area (Å²) >= 11 is 0. The fourth-order valence-corrected chi connectivity index (χ4v) is 3.78. The second-order valence-corrected chi connectivity index (χ2v) is 8.25. The molecule has 0 saturated carbocycles. The molecule has 38 heavy (non-hydrogen) atoms. The number of alkyl halides is 3. The zero-order valence-electron chi connectivity index (χ0n) is 20.7. The second-order valence-electron chi connectivity index (χ2n) is 8.25. The van der Waals surface area contributed by atoms with Gasteiger partial charge in [-0.05, 0) is 29.8 Å². The van der Waals surface area contributed by atoms with Crippen LogP contribution >= 0.6 is 0 Å². The number of nitrogens with zero attached hydrogens (tertiary/aromatic N) is 3. The van der Waals surface area contributed by atoms with Crippen molar-refractivity contribution in [2.45, 2.75) is 12.7 Å². The number of hydrogen-bond donors (Lipinski definition) is 2. The summed E-state index contributed by atoms with van der Waals surface area (Å²) in [6.45, 7) is 0.968. The van der Waals surface area contributed by atoms with Gasteiger partial charge in [0.1, 0.15) is 17.1 Å². The minimum Gasteiger partial charge on any atom is -0.495 e. The highest BCUT2D eigenvalue weighted by molar-refractivity contribution is 6.01. The lowest BCUT2D eigenvalue weighted by molar-refractivity contribution is -0.139. The molecule has 0 aliphatic carbocycles. The molecular weight excluding hydrogens is 507 g/mol. The number of hydrogen-bond acceptors (Lipinski definition) is 8. The van der Waals surface area contributed by atoms with Gasteiger partial charge in [0, 0.05) is 39.0 Å². The number of nitrogens with one attached hydrogen (secondary N) is 2. The number of ether oxygens (including phenoxy) is 3. The first-order chi connectivity index (χ1) is 18.1. The lowest BCUT2D eigenvalue weighted by Gasteiger charge is -2.16. The van der Waals surface area contributed by atoms with Gasteiger partial charge >= 0.3 is 6.18 Å². The number of anilines is 2. The molecule has 0 spiro atoms. The highest BCUT2D eigenvalue weighted by Crippen LogP contribution is 2.40. The monoisotopic (exact) mass is 531 g/mol. The maximum Gasteiger partial charge on any atom is 0.423 e. The Morgan fingerprint density at radius 3 is 2.66 bits per heavy atom. The third kappa shape index (κ3) is 5.62. The molecular formula is C25H24F3N5O5. The van der Waals surface area contributed by atoms with Crippen LogP contribution in [0.2, 0.25) is 0 Å². The average molecular weight is 531 g/mol. The summed E-state index contributed by atoms with van der Waals surface area (Å²) in [7, 11) is 4.47. The summed E-state index contributed by atoms with van der Waals surface area (Å²) in [6, 6.07) is 9.17. The van der Waals surface area contributed by atoms with Gasteiger partial charge in [0.25, 0.3) is 11.8 Å². The number of benzene rings is 2. The number of methoxy groups -OCH3 is 2. The van der Waals surface area contributed by atoms with Crippen LogP contribution in [0.4, 0.5) is 24.8 Å². The lowest BCUT2D eigenvalue weighted by atomic mass is 10.1. The highest BCUT2D eigenvalue weighted by atomic mass is 19.4. The van der Waals surface area contributed by atoms with E-state index in [4.69, 9.17) is 14.2 Å². The molecule has 2 N–H and O–H groups in total. The normalized spacial score (nSPS) is 12.8. The molecule has 2 heterocycles. The van der Waals surface area contributed by atoms with Crippen LogP contribution in [0.5, 0.6) is 17.4 Å². The lowest BCUT2D eigenvalue weighted by Crippen LogP contribution is -2.26. The quantitative estimate of drug-likeness (QED) is 0.398. The molecule has 2 amide bonds. The van der Waals surface area contributed by atoms with Crippen molar-refractivity contribution in [1.29, 1.82) is 0 Å². The van der Waals surface area contributed by atoms with E-state index in [0.29, 0.717) is 42.7 Å². The van der Waals surface area contributed by atoms with Crippen LogP contribution in [0, 0.1) is 0 Å². The van der Waals surface area contributed by atoms with Gasteiger partial charge in [-0.15, -0.1) is 0 Å². The molecule has 4 rings (SSSR count). The Morgan fingerprint density at radius 2 is 1.95 bits per heavy atom. The molecule has 0 atom stereocenters. The van der Waals surface area contributed by atoms with E-state index in [9.17, 15) is 22.8 Å². The van der Waals surface area contributed by atoms with E-state index in [0.717, 1.165) is 0 Å². The smallest absolute Gasteiger partial charge is 0.423 e. The third-order valence-electron chi connectivity index (χ3n) is 5.65. The standard InChI is InChI=1S/C25H24F3N5O5/c1-33-13-15-5-4-6-18(20(15)23(33)35)38-22-16(25(26,27)28)12-30-24(32-22)31-17-8-7-14(11-19(17)37-3)21(34)29-9-10-36-2/h4-8,11-12H,9-10,13H2,1-3H3,(H,29,34)(H,30,31,32). The van der Waals surface area contributed by atoms with Crippen molar-refractivity contribution >= 4 is 23.5 Å². The summed E-state index contributed by atoms with van der Waals surface area (Å²) in [6.07, 6.45) is -4.23. The van der Waals surface area contributed by atoms with Crippen LogP contribution < -0.4 is 20.1 Å². The van der Waals surface area contributed by atoms with E-state index in [-0.39, 0.29) is 34.8 Å². The third-order valence-corrected chi connectivity index (χ3v) is 5.65. The fraction of sp³-hybridized carbons (Fsp3) is 0.280. The molecule has 10 nitrogen and oxygen atoms in total. The molecule has 0 radical (unpaired) electrons. The van der Waals surface area contributed by atoms with E-state index < -0.39 is 17.6 Å². The van der Waals surface area contributed by atoms with E-state index in [1.165, 1.54) is 43.4 Å². The predicted octanol–water partition coefficient (Wildman–Crippen LogP) is 4.00. The Hall–Kier alpha value is -4.39. The summed E-state index contributed by atoms with van der Waals surface area (Å²) in [5, 5.41) is 5.47. The van der Waals surface area contributed by atoms with Crippen molar-refractivity contribution < 1.29 is 37.0 Å². The number of fused-ring (bicyclic) bond motifs is 1. The number of carbonyl (C=O) groups excluding carboxylic acids is 2. The first-order valence-electron chi connectivity index (χ1n) is 11.3. The van der Waals surface area contributed by atoms with Gasteiger partial charge in [0.15, 0.2) is 0 Å². The topological polar surface area (TPSA) is 115 Å². The molecule has 1 aromatic heterocycles. The van der Waals surface area contributed by atoms with E-state index in [1.807, 2.05) is 0 Å². The molecule has 200 valence electrons. The largest absolute Gasteiger partial charge is 0.495 e. The zero-order valence-corrected chi connectivity index (χ0v) is 20.7. The van der Waals surface area contributed by atoms with Gasteiger partial charge in [-0.1, -0.05) is 12.1 Å². The van der Waals surface area contributed by atoms with Gasteiger partial charge in [0.05, 0.1) is 25.0 Å². The minimum atomic E-state index is -4.82. The van der Waals surface area contributed by atoms with Crippen molar-refractivity contribution in [3.63, 3.8) is 0 Å². The van der Waals surface area contributed by atoms with Gasteiger partial charge in [-0.25, -0.2) is 4.98 Å². The molecule has 0 fully saturated rings. The Balaban J connectivity index is 1.64. The summed E-state index contributed by atoms with van der Waals surface area (Å²) in [5.41, 5.74) is 0.191. The maximum absolute atomic E-state index is 13.8. The van der Waals surface area contributed by atoms with Crippen LogP contribution in [0.15, 0.2) is 42.6 Å². The fourth-order valence-electron chi connectivity index (χ4n) is 3.78. The number of aromatic nitrogens is 2. The van der Waals surface area contributed by atoms with Crippen LogP contribution in [0.3, 0.4) is 0 Å². The Morgan fingerprint density at radius 1 is 1.16 bits per heavy atom. The zero-order chi connectivity index (χ0) is 27.4. The van der Waals surface area contributed by atoms with Crippen LogP contribution in [-0.2, 0) is 17.5 Å². The molecule has 0 bridgehead atoms. The minimum absolute atomic E-state index is 0.0478. The molecule has 1 aliphatic heterocycles. The Labute approximate surface area is 215 Å². The molecule has 3 aromatic rings. The van der Waals surface area contributed by atoms with Crippen molar-refractivity contribution in [3.05, 3.63) is 64.8 Å². The van der Waals surface area contributed by atoms with Crippen molar-refractivity contribution in [2.24, 2.45) is 0 Å². The van der Waals surface area contributed by atoms with Crippen molar-refractivity contribution in [3.8, 4) is 17.4 Å². The second kappa shape index (κ2) is 10.9. The SMILES string of the molecule is COCCNC(=O)c1ccc(Nc2ncc(C(F)(F)F)c(Oc3cccc4c3C(=O)N(C)C4)n2)c(OC)c1. The molecule has 2 aromatic carbocycles. The Kier molecular flexibility index (Phi) is 7.67. The number of amides is 2. The van der Waals surface area contributed by atoms with E-state index in [2.05, 4.69) is 20.6 Å². The molecule has 0 unspecified atom stereocenters. The number of rotatable bonds is 9. The number of carbonyl (C=O) groups is 2. The highest BCUT2D eigenvalue weighted by Gasteiger charge is 2.37. The van der Waals surface area contributed by atoms with Gasteiger partial charge in [0.2, 0.25) is 11.8 Å². The Bertz CT molecular complexity index is 1370. The predicted molar refractivity (Wildman–Crippen MR) is 130 cm³/mol. The van der Waals surface area contributed by atoms with Crippen molar-refractivity contribution in [1.82, 2.24) is 20.2 Å². The first kappa shape index (κ1) is 26.7. The van der Waals surface area contributed by atoms with Gasteiger partial charge in [-0.2, -0.15) is 18.2 Å². The van der Waals surface area contributed by atoms with Crippen LogP contribution in [0.1, 0.15) is 31.8 Å². The summed E-state index contributed by atoms with van der Waals surface area (Å²) in [5.74, 6) is -1.55. The summed E-state index contributed by atoms with van der Waals surface area (Å²) < 4.78 is 57.1. The van der Waals surface area contributed by atoms with Crippen molar-refractivity contribution in [2.75, 3.05) is 39.7 Å². The van der Waals surface area contributed by atoms with E-state index in [1.54, 1.807) is 19.2 Å². The van der Waals surface area contributed by atoms with Crippen LogP contribution in [0.25, 0.3) is 0 Å². The number of halogens is 3. The maximum atomic E-state index is 13.8. The van der Waals surface area contributed by atoms with Gasteiger partial charge < -0.3 is 29.7 Å². The first-order valence-corrected chi connectivity index (χ1v) is 11.3.